The molecule has 0 unspecified atom stereocenters. The zero-order chi connectivity index (χ0) is 16.3. The minimum Gasteiger partial charge on any atom is -0.272 e. The highest BCUT2D eigenvalue weighted by Gasteiger charge is 2.66. The minimum atomic E-state index is -0.479. The number of hydrogen-bond acceptors (Lipinski definition) is 4. The van der Waals surface area contributed by atoms with Crippen LogP contribution < -0.4 is 5.43 Å². The quantitative estimate of drug-likeness (QED) is 0.556. The van der Waals surface area contributed by atoms with Crippen molar-refractivity contribution in [2.45, 2.75) is 16.1 Å². The third-order valence-corrected chi connectivity index (χ3v) is 8.35. The summed E-state index contributed by atoms with van der Waals surface area (Å²) in [4.78, 5) is 41.7. The van der Waals surface area contributed by atoms with Gasteiger partial charge >= 0.3 is 0 Å². The maximum absolute atomic E-state index is 12.6. The van der Waals surface area contributed by atoms with Crippen LogP contribution in [0, 0.1) is 23.7 Å². The van der Waals surface area contributed by atoms with E-state index < -0.39 is 5.91 Å². The summed E-state index contributed by atoms with van der Waals surface area (Å²) in [6.45, 7) is 0. The molecule has 4 rings (SSSR count). The number of rotatable bonds is 2. The van der Waals surface area contributed by atoms with Crippen LogP contribution in [0.2, 0.25) is 0 Å². The highest BCUT2D eigenvalue weighted by Crippen LogP contribution is 2.59. The molecule has 2 aliphatic carbocycles. The smallest absolute Gasteiger partial charge is 0.270 e. The summed E-state index contributed by atoms with van der Waals surface area (Å²) >= 11 is 7.26. The summed E-state index contributed by atoms with van der Waals surface area (Å²) < 4.78 is 0. The molecular formula is C15H13Br2N3O3. The second-order valence-corrected chi connectivity index (χ2v) is 8.31. The lowest BCUT2D eigenvalue weighted by Gasteiger charge is -2.28. The molecule has 3 aliphatic rings. The number of amides is 3. The van der Waals surface area contributed by atoms with Crippen molar-refractivity contribution in [2.75, 3.05) is 0 Å². The molecule has 1 aromatic rings. The number of hydrazine groups is 1. The first-order valence-corrected chi connectivity index (χ1v) is 9.21. The number of hydrogen-bond donors (Lipinski definition) is 1. The van der Waals surface area contributed by atoms with Gasteiger partial charge in [0.05, 0.1) is 11.8 Å². The largest absolute Gasteiger partial charge is 0.272 e. The van der Waals surface area contributed by atoms with E-state index in [1.54, 1.807) is 0 Å². The number of pyridine rings is 1. The van der Waals surface area contributed by atoms with Gasteiger partial charge < -0.3 is 0 Å². The monoisotopic (exact) mass is 441 g/mol. The average Bonchev–Trinajstić information content (AvgIpc) is 3.16. The molecule has 2 heterocycles. The highest BCUT2D eigenvalue weighted by atomic mass is 79.9. The van der Waals surface area contributed by atoms with Gasteiger partial charge in [-0.05, 0) is 30.4 Å². The Hall–Kier alpha value is -1.28. The Morgan fingerprint density at radius 1 is 1.09 bits per heavy atom. The van der Waals surface area contributed by atoms with Crippen molar-refractivity contribution in [2.24, 2.45) is 23.7 Å². The highest BCUT2D eigenvalue weighted by molar-refractivity contribution is 9.12. The number of fused-ring (bicyclic) bond motifs is 5. The predicted octanol–water partition coefficient (Wildman–Crippen LogP) is 1.50. The van der Waals surface area contributed by atoms with E-state index in [1.165, 1.54) is 24.5 Å². The van der Waals surface area contributed by atoms with Crippen LogP contribution in [0.5, 0.6) is 0 Å². The Labute approximate surface area is 149 Å². The Kier molecular flexibility index (Phi) is 3.57. The van der Waals surface area contributed by atoms with E-state index in [-0.39, 0.29) is 45.1 Å². The molecule has 0 radical (unpaired) electrons. The fourth-order valence-electron chi connectivity index (χ4n) is 4.13. The minimum absolute atomic E-state index is 0.133. The molecule has 6 nitrogen and oxygen atoms in total. The van der Waals surface area contributed by atoms with Crippen molar-refractivity contribution >= 4 is 49.6 Å². The van der Waals surface area contributed by atoms with Crippen molar-refractivity contribution in [3.63, 3.8) is 0 Å². The van der Waals surface area contributed by atoms with E-state index in [0.717, 1.165) is 11.4 Å². The molecule has 6 atom stereocenters. The Balaban J connectivity index is 1.57. The van der Waals surface area contributed by atoms with E-state index in [2.05, 4.69) is 42.3 Å². The van der Waals surface area contributed by atoms with E-state index in [1.807, 2.05) is 0 Å². The number of aromatic nitrogens is 1. The lowest BCUT2D eigenvalue weighted by atomic mass is 9.81. The number of carbonyl (C=O) groups excluding carboxylic acids is 3. The molecule has 1 aliphatic heterocycles. The van der Waals surface area contributed by atoms with Gasteiger partial charge in [0.15, 0.2) is 0 Å². The van der Waals surface area contributed by atoms with Gasteiger partial charge in [0.2, 0.25) is 0 Å². The summed E-state index contributed by atoms with van der Waals surface area (Å²) in [7, 11) is 0. The van der Waals surface area contributed by atoms with Crippen LogP contribution in [0.1, 0.15) is 16.8 Å². The number of nitrogens with one attached hydrogen (secondary N) is 1. The molecular weight excluding hydrogens is 430 g/mol. The third kappa shape index (κ3) is 2.11. The van der Waals surface area contributed by atoms with Gasteiger partial charge in [-0.15, -0.1) is 0 Å². The maximum Gasteiger partial charge on any atom is 0.270 e. The van der Waals surface area contributed by atoms with E-state index in [9.17, 15) is 14.4 Å². The van der Waals surface area contributed by atoms with Crippen molar-refractivity contribution < 1.29 is 14.4 Å². The summed E-state index contributed by atoms with van der Waals surface area (Å²) in [5, 5.41) is 0.919. The van der Waals surface area contributed by atoms with E-state index >= 15 is 0 Å². The molecule has 0 aromatic carbocycles. The Morgan fingerprint density at radius 2 is 1.61 bits per heavy atom. The first-order valence-electron chi connectivity index (χ1n) is 7.37. The van der Waals surface area contributed by atoms with Gasteiger partial charge in [-0.3, -0.25) is 24.8 Å². The molecule has 120 valence electrons. The van der Waals surface area contributed by atoms with Gasteiger partial charge in [0, 0.05) is 27.6 Å². The van der Waals surface area contributed by atoms with Crippen LogP contribution in [0.15, 0.2) is 24.5 Å². The van der Waals surface area contributed by atoms with Crippen LogP contribution >= 0.6 is 31.9 Å². The van der Waals surface area contributed by atoms with Gasteiger partial charge in [-0.25, -0.2) is 0 Å². The molecule has 23 heavy (non-hydrogen) atoms. The molecule has 3 fully saturated rings. The van der Waals surface area contributed by atoms with Crippen molar-refractivity contribution in [1.82, 2.24) is 15.4 Å². The van der Waals surface area contributed by atoms with E-state index in [4.69, 9.17) is 0 Å². The lowest BCUT2D eigenvalue weighted by molar-refractivity contribution is -0.143. The SMILES string of the molecule is O=C(NN1C(=O)[C@H]2[C@@H]3C[C@@H]([C@@H](Br)[C@H]3Br)[C@@H]2C1=O)c1ccncc1. The maximum atomic E-state index is 12.6. The zero-order valence-corrected chi connectivity index (χ0v) is 15.0. The fourth-order valence-corrected chi connectivity index (χ4v) is 6.00. The first kappa shape index (κ1) is 15.3. The van der Waals surface area contributed by atoms with Crippen LogP contribution in [-0.2, 0) is 9.59 Å². The Bertz CT molecular complexity index is 666. The number of alkyl halides is 2. The number of imide groups is 1. The van der Waals surface area contributed by atoms with Gasteiger partial charge in [-0.1, -0.05) is 31.9 Å². The molecule has 0 spiro atoms. The van der Waals surface area contributed by atoms with Crippen LogP contribution in [-0.4, -0.2) is 37.4 Å². The van der Waals surface area contributed by atoms with Gasteiger partial charge in [-0.2, -0.15) is 5.01 Å². The number of halogens is 2. The second-order valence-electron chi connectivity index (χ2n) is 6.19. The first-order chi connectivity index (χ1) is 11.0. The lowest BCUT2D eigenvalue weighted by Crippen LogP contribution is -2.47. The predicted molar refractivity (Wildman–Crippen MR) is 87.6 cm³/mol. The molecule has 2 bridgehead atoms. The van der Waals surface area contributed by atoms with Crippen LogP contribution in [0.25, 0.3) is 0 Å². The average molecular weight is 443 g/mol. The molecule has 1 N–H and O–H groups in total. The van der Waals surface area contributed by atoms with Gasteiger partial charge in [0.25, 0.3) is 17.7 Å². The molecule has 8 heteroatoms. The standard InChI is InChI=1S/C15H13Br2N3O3/c16-11-7-5-8(12(11)17)10-9(7)14(22)20(15(10)23)19-13(21)6-1-3-18-4-2-6/h1-4,7-12H,5H2,(H,19,21)/t7-,8+,9-,10-,11-,12+/m0/s1. The molecule has 1 aromatic heterocycles. The molecule has 1 saturated heterocycles. The topological polar surface area (TPSA) is 79.4 Å². The van der Waals surface area contributed by atoms with Crippen LogP contribution in [0.4, 0.5) is 0 Å². The Morgan fingerprint density at radius 3 is 2.13 bits per heavy atom. The summed E-state index contributed by atoms with van der Waals surface area (Å²) in [6.07, 6.45) is 3.84. The van der Waals surface area contributed by atoms with Crippen molar-refractivity contribution in [3.8, 4) is 0 Å². The summed E-state index contributed by atoms with van der Waals surface area (Å²) in [5.74, 6) is -1.46. The van der Waals surface area contributed by atoms with Crippen molar-refractivity contribution in [1.29, 1.82) is 0 Å². The van der Waals surface area contributed by atoms with Gasteiger partial charge in [0.1, 0.15) is 0 Å². The molecule has 2 saturated carbocycles. The summed E-state index contributed by atoms with van der Waals surface area (Å²) in [5.41, 5.74) is 2.82. The normalized spacial score (nSPS) is 38.1. The third-order valence-electron chi connectivity index (χ3n) is 5.14. The fraction of sp³-hybridized carbons (Fsp3) is 0.467. The number of nitrogens with zero attached hydrogens (tertiary/aromatic N) is 2. The second kappa shape index (κ2) is 5.37. The summed E-state index contributed by atoms with van der Waals surface area (Å²) in [6, 6.07) is 3.07. The zero-order valence-electron chi connectivity index (χ0n) is 11.9. The van der Waals surface area contributed by atoms with E-state index in [0.29, 0.717) is 5.56 Å². The molecule has 3 amide bonds. The van der Waals surface area contributed by atoms with Crippen molar-refractivity contribution in [3.05, 3.63) is 30.1 Å². The number of carbonyl (C=O) groups is 3. The van der Waals surface area contributed by atoms with Crippen LogP contribution in [0.3, 0.4) is 0 Å².